The van der Waals surface area contributed by atoms with Crippen molar-refractivity contribution < 1.29 is 14.6 Å². The lowest BCUT2D eigenvalue weighted by atomic mass is 9.87. The Kier molecular flexibility index (Phi) is 2.51. The van der Waals surface area contributed by atoms with Crippen LogP contribution in [0.15, 0.2) is 0 Å². The predicted octanol–water partition coefficient (Wildman–Crippen LogP) is 0.0856. The van der Waals surface area contributed by atoms with Gasteiger partial charge in [0, 0.05) is 25.8 Å². The molecule has 2 saturated heterocycles. The van der Waals surface area contributed by atoms with Gasteiger partial charge in [-0.1, -0.05) is 0 Å². The number of carboxylic acids is 1. The van der Waals surface area contributed by atoms with Crippen molar-refractivity contribution in [1.29, 1.82) is 0 Å². The molecule has 3 unspecified atom stereocenters. The summed E-state index contributed by atoms with van der Waals surface area (Å²) in [5, 5.41) is 12.2. The number of ether oxygens (including phenoxy) is 1. The van der Waals surface area contributed by atoms with Crippen LogP contribution in [0.2, 0.25) is 0 Å². The third kappa shape index (κ3) is 1.69. The Bertz CT molecular complexity index is 207. The Morgan fingerprint density at radius 1 is 1.38 bits per heavy atom. The first-order valence-electron chi connectivity index (χ1n) is 4.83. The molecule has 13 heavy (non-hydrogen) atoms. The highest BCUT2D eigenvalue weighted by Crippen LogP contribution is 2.29. The molecule has 4 heteroatoms. The van der Waals surface area contributed by atoms with E-state index in [4.69, 9.17) is 9.84 Å². The van der Waals surface area contributed by atoms with Crippen LogP contribution in [0.1, 0.15) is 12.8 Å². The first-order chi connectivity index (χ1) is 6.29. The molecule has 0 aromatic rings. The molecule has 0 spiro atoms. The normalized spacial score (nSPS) is 39.5. The summed E-state index contributed by atoms with van der Waals surface area (Å²) in [6.07, 6.45) is 1.84. The van der Waals surface area contributed by atoms with Gasteiger partial charge in [0.25, 0.3) is 0 Å². The van der Waals surface area contributed by atoms with E-state index in [1.54, 1.807) is 0 Å². The summed E-state index contributed by atoms with van der Waals surface area (Å²) in [5.41, 5.74) is 0. The van der Waals surface area contributed by atoms with Crippen molar-refractivity contribution in [2.24, 2.45) is 11.8 Å². The standard InChI is InChI=1S/C9H15NO3/c11-9(12)7-5-10-8-2-4-13-3-1-6(7)8/h6-8,10H,1-5H2,(H,11,12). The molecule has 0 amide bonds. The predicted molar refractivity (Wildman–Crippen MR) is 46.5 cm³/mol. The summed E-state index contributed by atoms with van der Waals surface area (Å²) in [4.78, 5) is 10.9. The monoisotopic (exact) mass is 185 g/mol. The van der Waals surface area contributed by atoms with Gasteiger partial charge in [0.05, 0.1) is 5.92 Å². The lowest BCUT2D eigenvalue weighted by Gasteiger charge is -2.17. The Morgan fingerprint density at radius 2 is 2.15 bits per heavy atom. The maximum atomic E-state index is 10.9. The molecule has 0 saturated carbocycles. The Hall–Kier alpha value is -0.610. The van der Waals surface area contributed by atoms with Crippen molar-refractivity contribution in [3.63, 3.8) is 0 Å². The SMILES string of the molecule is O=C(O)C1CNC2CCOCCC21. The van der Waals surface area contributed by atoms with Gasteiger partial charge in [0.1, 0.15) is 0 Å². The van der Waals surface area contributed by atoms with E-state index in [-0.39, 0.29) is 11.8 Å². The van der Waals surface area contributed by atoms with Crippen molar-refractivity contribution in [3.8, 4) is 0 Å². The number of hydrogen-bond donors (Lipinski definition) is 2. The number of aliphatic carboxylic acids is 1. The van der Waals surface area contributed by atoms with Gasteiger partial charge in [-0.2, -0.15) is 0 Å². The van der Waals surface area contributed by atoms with Crippen LogP contribution in [0.4, 0.5) is 0 Å². The maximum absolute atomic E-state index is 10.9. The van der Waals surface area contributed by atoms with Gasteiger partial charge in [0.15, 0.2) is 0 Å². The van der Waals surface area contributed by atoms with Gasteiger partial charge in [-0.25, -0.2) is 0 Å². The smallest absolute Gasteiger partial charge is 0.308 e. The van der Waals surface area contributed by atoms with E-state index in [1.807, 2.05) is 0 Å². The summed E-state index contributed by atoms with van der Waals surface area (Å²) in [6.45, 7) is 2.11. The van der Waals surface area contributed by atoms with Crippen LogP contribution in [-0.2, 0) is 9.53 Å². The molecule has 0 aromatic carbocycles. The van der Waals surface area contributed by atoms with Gasteiger partial charge < -0.3 is 15.2 Å². The quantitative estimate of drug-likeness (QED) is 0.607. The lowest BCUT2D eigenvalue weighted by Crippen LogP contribution is -2.28. The van der Waals surface area contributed by atoms with Crippen LogP contribution < -0.4 is 5.32 Å². The average Bonchev–Trinajstić information content (AvgIpc) is 2.36. The Labute approximate surface area is 77.3 Å². The van der Waals surface area contributed by atoms with E-state index < -0.39 is 5.97 Å². The molecule has 2 N–H and O–H groups in total. The highest BCUT2D eigenvalue weighted by atomic mass is 16.5. The zero-order valence-electron chi connectivity index (χ0n) is 7.53. The van der Waals surface area contributed by atoms with Gasteiger partial charge in [-0.05, 0) is 18.8 Å². The molecular weight excluding hydrogens is 170 g/mol. The second-order valence-corrected chi connectivity index (χ2v) is 3.81. The highest BCUT2D eigenvalue weighted by molar-refractivity contribution is 5.71. The van der Waals surface area contributed by atoms with E-state index in [0.717, 1.165) is 19.4 Å². The van der Waals surface area contributed by atoms with E-state index in [9.17, 15) is 4.79 Å². The molecule has 4 nitrogen and oxygen atoms in total. The summed E-state index contributed by atoms with van der Waals surface area (Å²) in [6, 6.07) is 0.364. The summed E-state index contributed by atoms with van der Waals surface area (Å²) in [7, 11) is 0. The van der Waals surface area contributed by atoms with Gasteiger partial charge >= 0.3 is 5.97 Å². The van der Waals surface area contributed by atoms with Crippen LogP contribution >= 0.6 is 0 Å². The minimum absolute atomic E-state index is 0.202. The fourth-order valence-corrected chi connectivity index (χ4v) is 2.38. The highest BCUT2D eigenvalue weighted by Gasteiger charge is 2.40. The minimum Gasteiger partial charge on any atom is -0.481 e. The maximum Gasteiger partial charge on any atom is 0.308 e. The van der Waals surface area contributed by atoms with Crippen LogP contribution in [0.5, 0.6) is 0 Å². The molecule has 2 heterocycles. The average molecular weight is 185 g/mol. The largest absolute Gasteiger partial charge is 0.481 e. The Morgan fingerprint density at radius 3 is 2.92 bits per heavy atom. The first-order valence-corrected chi connectivity index (χ1v) is 4.83. The Balaban J connectivity index is 2.06. The molecule has 0 aliphatic carbocycles. The van der Waals surface area contributed by atoms with Crippen molar-refractivity contribution in [3.05, 3.63) is 0 Å². The molecule has 2 aliphatic heterocycles. The van der Waals surface area contributed by atoms with Crippen molar-refractivity contribution >= 4 is 5.97 Å². The van der Waals surface area contributed by atoms with Crippen LogP contribution in [0.3, 0.4) is 0 Å². The second-order valence-electron chi connectivity index (χ2n) is 3.81. The second kappa shape index (κ2) is 3.64. The van der Waals surface area contributed by atoms with Crippen LogP contribution in [0.25, 0.3) is 0 Å². The summed E-state index contributed by atoms with van der Waals surface area (Å²) in [5.74, 6) is -0.589. The molecule has 2 fully saturated rings. The van der Waals surface area contributed by atoms with Crippen LogP contribution in [-0.4, -0.2) is 36.9 Å². The third-order valence-electron chi connectivity index (χ3n) is 3.12. The number of hydrogen-bond acceptors (Lipinski definition) is 3. The summed E-state index contributed by atoms with van der Waals surface area (Å²) < 4.78 is 5.33. The van der Waals surface area contributed by atoms with E-state index in [2.05, 4.69) is 5.32 Å². The molecule has 3 atom stereocenters. The molecule has 2 rings (SSSR count). The molecule has 2 aliphatic rings. The third-order valence-corrected chi connectivity index (χ3v) is 3.12. The van der Waals surface area contributed by atoms with E-state index in [0.29, 0.717) is 19.2 Å². The van der Waals surface area contributed by atoms with Crippen molar-refractivity contribution in [1.82, 2.24) is 5.32 Å². The number of carbonyl (C=O) groups is 1. The zero-order chi connectivity index (χ0) is 9.26. The van der Waals surface area contributed by atoms with Gasteiger partial charge in [-0.3, -0.25) is 4.79 Å². The topological polar surface area (TPSA) is 58.6 Å². The fourth-order valence-electron chi connectivity index (χ4n) is 2.38. The van der Waals surface area contributed by atoms with Crippen molar-refractivity contribution in [2.75, 3.05) is 19.8 Å². The van der Waals surface area contributed by atoms with E-state index in [1.165, 1.54) is 0 Å². The summed E-state index contributed by atoms with van der Waals surface area (Å²) >= 11 is 0. The van der Waals surface area contributed by atoms with Crippen LogP contribution in [0, 0.1) is 11.8 Å². The molecule has 0 bridgehead atoms. The molecule has 0 aromatic heterocycles. The van der Waals surface area contributed by atoms with E-state index >= 15 is 0 Å². The molecular formula is C9H15NO3. The fraction of sp³-hybridized carbons (Fsp3) is 0.889. The zero-order valence-corrected chi connectivity index (χ0v) is 7.53. The van der Waals surface area contributed by atoms with Gasteiger partial charge in [0.2, 0.25) is 0 Å². The number of carboxylic acid groups (broad SMARTS) is 1. The van der Waals surface area contributed by atoms with Gasteiger partial charge in [-0.15, -0.1) is 0 Å². The first kappa shape index (κ1) is 8.97. The van der Waals surface area contributed by atoms with Crippen molar-refractivity contribution in [2.45, 2.75) is 18.9 Å². The molecule has 74 valence electrons. The minimum atomic E-state index is -0.665. The lowest BCUT2D eigenvalue weighted by molar-refractivity contribution is -0.142. The number of fused-ring (bicyclic) bond motifs is 1. The number of nitrogens with one attached hydrogen (secondary N) is 1. The molecule has 0 radical (unpaired) electrons. The number of rotatable bonds is 1.